The van der Waals surface area contributed by atoms with E-state index in [0.717, 1.165) is 19.3 Å². The molecule has 0 saturated carbocycles. The van der Waals surface area contributed by atoms with E-state index in [2.05, 4.69) is 102 Å². The normalized spacial score (nSPS) is 16.5. The third-order valence-electron chi connectivity index (χ3n) is 7.19. The molecular formula is C34H35N. The summed E-state index contributed by atoms with van der Waals surface area (Å²) in [5.74, 6) is 0. The molecule has 35 heavy (non-hydrogen) atoms. The van der Waals surface area contributed by atoms with E-state index >= 15 is 0 Å². The average molecular weight is 458 g/mol. The van der Waals surface area contributed by atoms with Crippen molar-refractivity contribution in [3.8, 4) is 11.1 Å². The van der Waals surface area contributed by atoms with Gasteiger partial charge in [-0.1, -0.05) is 113 Å². The van der Waals surface area contributed by atoms with Gasteiger partial charge in [-0.3, -0.25) is 0 Å². The van der Waals surface area contributed by atoms with Crippen molar-refractivity contribution in [2.45, 2.75) is 53.0 Å². The predicted molar refractivity (Wildman–Crippen MR) is 153 cm³/mol. The van der Waals surface area contributed by atoms with Crippen LogP contribution in [-0.4, -0.2) is 4.57 Å². The van der Waals surface area contributed by atoms with E-state index in [-0.39, 0.29) is 0 Å². The first-order chi connectivity index (χ1) is 17.4. The number of para-hydroxylation sites is 1. The van der Waals surface area contributed by atoms with Gasteiger partial charge in [0, 0.05) is 27.5 Å². The van der Waals surface area contributed by atoms with E-state index in [1.165, 1.54) is 54.2 Å². The van der Waals surface area contributed by atoms with Crippen LogP contribution in [0.5, 0.6) is 0 Å². The van der Waals surface area contributed by atoms with Gasteiger partial charge in [-0.05, 0) is 64.1 Å². The summed E-state index contributed by atoms with van der Waals surface area (Å²) in [6.45, 7) is 8.00. The number of fused-ring (bicyclic) bond motifs is 6. The standard InChI is InChI=1S/C30H23N.2C2H6/c1-2-12-24-25-13-6-7-16-29(25)31(28(24)15-3-1)21-18-17-20-9-8-14-26-22-10-4-5-11-23(22)27(19-21)30(20)26;2*1-2/h1,3-17,21H,2,18-19H2;2*1-2H3. The van der Waals surface area contributed by atoms with Crippen LogP contribution in [0.4, 0.5) is 0 Å². The van der Waals surface area contributed by atoms with Crippen molar-refractivity contribution < 1.29 is 0 Å². The third-order valence-corrected chi connectivity index (χ3v) is 7.19. The van der Waals surface area contributed by atoms with Gasteiger partial charge in [0.2, 0.25) is 0 Å². The van der Waals surface area contributed by atoms with Crippen LogP contribution in [0.15, 0.2) is 78.9 Å². The molecule has 0 radical (unpaired) electrons. The first kappa shape index (κ1) is 23.2. The summed E-state index contributed by atoms with van der Waals surface area (Å²) in [6.07, 6.45) is 14.7. The highest BCUT2D eigenvalue weighted by Gasteiger charge is 2.26. The van der Waals surface area contributed by atoms with E-state index < -0.39 is 0 Å². The van der Waals surface area contributed by atoms with Crippen molar-refractivity contribution in [2.75, 3.05) is 0 Å². The maximum absolute atomic E-state index is 2.62. The third kappa shape index (κ3) is 3.71. The highest BCUT2D eigenvalue weighted by molar-refractivity contribution is 5.90. The van der Waals surface area contributed by atoms with Crippen LogP contribution in [0.25, 0.3) is 45.8 Å². The Kier molecular flexibility index (Phi) is 6.59. The first-order valence-electron chi connectivity index (χ1n) is 13.3. The number of nitrogens with zero attached hydrogens (tertiary/aromatic N) is 1. The van der Waals surface area contributed by atoms with Crippen molar-refractivity contribution >= 4 is 34.7 Å². The molecule has 7 rings (SSSR count). The fourth-order valence-electron chi connectivity index (χ4n) is 5.92. The lowest BCUT2D eigenvalue weighted by molar-refractivity contribution is 0.536. The zero-order chi connectivity index (χ0) is 24.4. The molecule has 3 aliphatic carbocycles. The van der Waals surface area contributed by atoms with Gasteiger partial charge in [0.1, 0.15) is 0 Å². The van der Waals surface area contributed by atoms with Crippen LogP contribution < -0.4 is 21.0 Å². The first-order valence-corrected chi connectivity index (χ1v) is 13.3. The average Bonchev–Trinajstić information content (AvgIpc) is 3.18. The maximum atomic E-state index is 2.62. The second kappa shape index (κ2) is 9.96. The molecule has 0 spiro atoms. The van der Waals surface area contributed by atoms with E-state index in [0.29, 0.717) is 6.04 Å². The Morgan fingerprint density at radius 1 is 0.743 bits per heavy atom. The summed E-state index contributed by atoms with van der Waals surface area (Å²) >= 11 is 0. The summed E-state index contributed by atoms with van der Waals surface area (Å²) in [7, 11) is 0. The van der Waals surface area contributed by atoms with Crippen molar-refractivity contribution in [3.05, 3.63) is 105 Å². The summed E-state index contributed by atoms with van der Waals surface area (Å²) in [5.41, 5.74) is 7.08. The number of hydrogen-bond acceptors (Lipinski definition) is 0. The number of allylic oxidation sites excluding steroid dienone is 2. The molecule has 1 unspecified atom stereocenters. The van der Waals surface area contributed by atoms with Crippen LogP contribution in [0.1, 0.15) is 58.6 Å². The van der Waals surface area contributed by atoms with Crippen molar-refractivity contribution in [3.63, 3.8) is 0 Å². The van der Waals surface area contributed by atoms with Crippen molar-refractivity contribution in [1.29, 1.82) is 0 Å². The number of benzene rings is 3. The lowest BCUT2D eigenvalue weighted by Crippen LogP contribution is -2.31. The van der Waals surface area contributed by atoms with Crippen molar-refractivity contribution in [1.82, 2.24) is 4.57 Å². The minimum Gasteiger partial charge on any atom is -0.337 e. The molecule has 176 valence electrons. The van der Waals surface area contributed by atoms with Crippen LogP contribution >= 0.6 is 0 Å². The zero-order valence-corrected chi connectivity index (χ0v) is 21.4. The number of aromatic nitrogens is 1. The van der Waals surface area contributed by atoms with Crippen LogP contribution in [0.3, 0.4) is 0 Å². The molecular weight excluding hydrogens is 422 g/mol. The Morgan fingerprint density at radius 3 is 2.34 bits per heavy atom. The van der Waals surface area contributed by atoms with Crippen LogP contribution in [-0.2, 0) is 0 Å². The van der Waals surface area contributed by atoms with Crippen molar-refractivity contribution in [2.24, 2.45) is 0 Å². The molecule has 0 bridgehead atoms. The molecule has 0 fully saturated rings. The Hall–Kier alpha value is -3.58. The van der Waals surface area contributed by atoms with Gasteiger partial charge in [-0.2, -0.15) is 0 Å². The highest BCUT2D eigenvalue weighted by Crippen LogP contribution is 2.37. The van der Waals surface area contributed by atoms with Gasteiger partial charge in [0.15, 0.2) is 0 Å². The van der Waals surface area contributed by atoms with Gasteiger partial charge in [0.25, 0.3) is 0 Å². The fourth-order valence-corrected chi connectivity index (χ4v) is 5.92. The van der Waals surface area contributed by atoms with Gasteiger partial charge in [-0.25, -0.2) is 0 Å². The molecule has 1 atom stereocenters. The number of rotatable bonds is 1. The van der Waals surface area contributed by atoms with E-state index in [1.54, 1.807) is 0 Å². The molecule has 1 heteroatoms. The Bertz CT molecular complexity index is 1660. The molecule has 4 aromatic rings. The summed E-state index contributed by atoms with van der Waals surface area (Å²) in [4.78, 5) is 0. The molecule has 1 nitrogen and oxygen atoms in total. The predicted octanol–water partition coefficient (Wildman–Crippen LogP) is 6.21. The van der Waals surface area contributed by atoms with Gasteiger partial charge in [-0.15, -0.1) is 0 Å². The lowest BCUT2D eigenvalue weighted by atomic mass is 9.97. The molecule has 0 saturated heterocycles. The molecule has 0 amide bonds. The van der Waals surface area contributed by atoms with Crippen LogP contribution in [0.2, 0.25) is 0 Å². The smallest absolute Gasteiger partial charge is 0.0494 e. The SMILES string of the molecule is C1=CCC=c2c(n(C3CC=c4cccc5c4=C(C3)c3ccccc3-5)c3ccccc23)=C1.CC.CC. The molecule has 0 N–H and O–H groups in total. The lowest BCUT2D eigenvalue weighted by Gasteiger charge is -2.20. The van der Waals surface area contributed by atoms with Gasteiger partial charge in [0.05, 0.1) is 0 Å². The molecule has 3 aromatic carbocycles. The monoisotopic (exact) mass is 457 g/mol. The minimum absolute atomic E-state index is 0.395. The Morgan fingerprint density at radius 2 is 1.49 bits per heavy atom. The summed E-state index contributed by atoms with van der Waals surface area (Å²) < 4.78 is 2.62. The molecule has 0 aliphatic heterocycles. The zero-order valence-electron chi connectivity index (χ0n) is 21.4. The van der Waals surface area contributed by atoms with E-state index in [4.69, 9.17) is 0 Å². The molecule has 1 aromatic heterocycles. The summed E-state index contributed by atoms with van der Waals surface area (Å²) in [6, 6.07) is 25.1. The highest BCUT2D eigenvalue weighted by atomic mass is 15.0. The largest absolute Gasteiger partial charge is 0.337 e. The second-order valence-electron chi connectivity index (χ2n) is 8.81. The topological polar surface area (TPSA) is 4.93 Å². The minimum atomic E-state index is 0.395. The van der Waals surface area contributed by atoms with E-state index in [9.17, 15) is 0 Å². The molecule has 1 heterocycles. The van der Waals surface area contributed by atoms with Gasteiger partial charge < -0.3 is 4.57 Å². The Balaban J connectivity index is 0.000000605. The fraction of sp³-hybridized carbons (Fsp3) is 0.235. The maximum Gasteiger partial charge on any atom is 0.0494 e. The summed E-state index contributed by atoms with van der Waals surface area (Å²) in [5, 5.41) is 6.97. The van der Waals surface area contributed by atoms with Gasteiger partial charge >= 0.3 is 0 Å². The Labute approximate surface area is 208 Å². The quantitative estimate of drug-likeness (QED) is 0.320. The molecule has 3 aliphatic rings. The second-order valence-corrected chi connectivity index (χ2v) is 8.81. The number of hydrogen-bond donors (Lipinski definition) is 0. The van der Waals surface area contributed by atoms with E-state index in [1.807, 2.05) is 27.7 Å². The van der Waals surface area contributed by atoms with Crippen LogP contribution in [0, 0.1) is 0 Å².